The molecule has 0 aliphatic heterocycles. The molecule has 0 heterocycles. The summed E-state index contributed by atoms with van der Waals surface area (Å²) in [5.74, 6) is -0.270. The monoisotopic (exact) mass is 420 g/mol. The van der Waals surface area contributed by atoms with Crippen LogP contribution in [0.3, 0.4) is 0 Å². The van der Waals surface area contributed by atoms with Gasteiger partial charge in [-0.1, -0.05) is 19.9 Å². The molecule has 30 heavy (non-hydrogen) atoms. The van der Waals surface area contributed by atoms with Crippen LogP contribution in [0.15, 0.2) is 23.2 Å². The van der Waals surface area contributed by atoms with Crippen LogP contribution in [0.4, 0.5) is 13.2 Å². The standard InChI is InChI=1S/C22H27F3N4O/c1-12-7-21(8-13(2)18(12)30-3)9-15-5-4-14(11-26)6-16(15)19(21)29-17(20(27)28)10-22(23,24)25/h4-6,12-13,18-19H,7-10H2,1-3H3,(H3,27,28)/t12-,13+,18?,19-,21?/m1/s1. The molecule has 0 radical (unpaired) electrons. The number of hydrogen-bond acceptors (Lipinski definition) is 4. The van der Waals surface area contributed by atoms with Gasteiger partial charge in [0.25, 0.3) is 0 Å². The lowest BCUT2D eigenvalue weighted by Gasteiger charge is -2.47. The van der Waals surface area contributed by atoms with E-state index in [1.807, 2.05) is 6.07 Å². The fourth-order valence-corrected chi connectivity index (χ4v) is 5.64. The first kappa shape index (κ1) is 22.3. The second kappa shape index (κ2) is 8.03. The molecule has 3 rings (SSSR count). The van der Waals surface area contributed by atoms with Crippen LogP contribution in [0.2, 0.25) is 0 Å². The molecule has 1 fully saturated rings. The molecule has 2 unspecified atom stereocenters. The van der Waals surface area contributed by atoms with Crippen molar-refractivity contribution in [3.8, 4) is 6.07 Å². The van der Waals surface area contributed by atoms with Crippen molar-refractivity contribution in [1.82, 2.24) is 0 Å². The first-order chi connectivity index (χ1) is 14.0. The zero-order valence-electron chi connectivity index (χ0n) is 17.4. The third-order valence-electron chi connectivity index (χ3n) is 6.51. The van der Waals surface area contributed by atoms with Gasteiger partial charge in [0.05, 0.1) is 35.9 Å². The lowest BCUT2D eigenvalue weighted by molar-refractivity contribution is -0.121. The molecule has 5 nitrogen and oxygen atoms in total. The molecule has 3 N–H and O–H groups in total. The number of benzene rings is 1. The molecular formula is C22H27F3N4O. The van der Waals surface area contributed by atoms with E-state index in [1.54, 1.807) is 19.2 Å². The number of ether oxygens (including phenoxy) is 1. The summed E-state index contributed by atoms with van der Waals surface area (Å²) < 4.78 is 45.0. The lowest BCUT2D eigenvalue weighted by Crippen LogP contribution is -2.44. The Hall–Kier alpha value is -2.40. The minimum atomic E-state index is -4.51. The Kier molecular flexibility index (Phi) is 5.96. The normalized spacial score (nSPS) is 31.4. The molecule has 1 saturated carbocycles. The summed E-state index contributed by atoms with van der Waals surface area (Å²) >= 11 is 0. The quantitative estimate of drug-likeness (QED) is 0.552. The van der Waals surface area contributed by atoms with Crippen molar-refractivity contribution in [3.63, 3.8) is 0 Å². The largest absolute Gasteiger partial charge is 0.394 e. The Morgan fingerprint density at radius 1 is 1.33 bits per heavy atom. The maximum absolute atomic E-state index is 13.1. The van der Waals surface area contributed by atoms with Crippen LogP contribution < -0.4 is 5.73 Å². The average Bonchev–Trinajstić information content (AvgIpc) is 2.91. The fraction of sp³-hybridized carbons (Fsp3) is 0.591. The van der Waals surface area contributed by atoms with Gasteiger partial charge in [-0.3, -0.25) is 10.4 Å². The third kappa shape index (κ3) is 4.22. The number of amidine groups is 1. The fourth-order valence-electron chi connectivity index (χ4n) is 5.64. The third-order valence-corrected chi connectivity index (χ3v) is 6.51. The number of fused-ring (bicyclic) bond motifs is 1. The number of rotatable bonds is 4. The van der Waals surface area contributed by atoms with Crippen LogP contribution in [0.1, 0.15) is 55.8 Å². The predicted octanol–water partition coefficient (Wildman–Crippen LogP) is 4.55. The summed E-state index contributed by atoms with van der Waals surface area (Å²) in [6, 6.07) is 6.85. The van der Waals surface area contributed by atoms with Gasteiger partial charge in [0.15, 0.2) is 0 Å². The molecule has 162 valence electrons. The second-order valence-corrected chi connectivity index (χ2v) is 8.81. The van der Waals surface area contributed by atoms with Gasteiger partial charge < -0.3 is 10.5 Å². The van der Waals surface area contributed by atoms with Gasteiger partial charge >= 0.3 is 6.18 Å². The first-order valence-corrected chi connectivity index (χ1v) is 10.0. The molecule has 8 heteroatoms. The van der Waals surface area contributed by atoms with E-state index in [9.17, 15) is 18.4 Å². The van der Waals surface area contributed by atoms with Crippen molar-refractivity contribution >= 4 is 11.5 Å². The van der Waals surface area contributed by atoms with Gasteiger partial charge in [-0.15, -0.1) is 0 Å². The van der Waals surface area contributed by atoms with Crippen LogP contribution in [0.25, 0.3) is 0 Å². The van der Waals surface area contributed by atoms with E-state index in [2.05, 4.69) is 24.9 Å². The van der Waals surface area contributed by atoms with Gasteiger partial charge in [-0.25, -0.2) is 0 Å². The van der Waals surface area contributed by atoms with Gasteiger partial charge in [0.2, 0.25) is 0 Å². The van der Waals surface area contributed by atoms with Gasteiger partial charge in [0.1, 0.15) is 5.84 Å². The number of hydrogen-bond donors (Lipinski definition) is 2. The predicted molar refractivity (Wildman–Crippen MR) is 108 cm³/mol. The zero-order chi connectivity index (χ0) is 22.3. The van der Waals surface area contributed by atoms with E-state index >= 15 is 0 Å². The van der Waals surface area contributed by atoms with Crippen LogP contribution in [-0.4, -0.2) is 30.9 Å². The van der Waals surface area contributed by atoms with Crippen molar-refractivity contribution in [1.29, 1.82) is 10.7 Å². The summed E-state index contributed by atoms with van der Waals surface area (Å²) in [4.78, 5) is 4.47. The highest BCUT2D eigenvalue weighted by Gasteiger charge is 2.52. The van der Waals surface area contributed by atoms with Crippen molar-refractivity contribution in [2.45, 2.75) is 57.9 Å². The first-order valence-electron chi connectivity index (χ1n) is 10.0. The maximum Gasteiger partial charge on any atom is 0.394 e. The van der Waals surface area contributed by atoms with Crippen LogP contribution in [0, 0.1) is 34.0 Å². The molecule has 0 saturated heterocycles. The van der Waals surface area contributed by atoms with Crippen molar-refractivity contribution < 1.29 is 17.9 Å². The van der Waals surface area contributed by atoms with E-state index in [1.165, 1.54) is 0 Å². The molecule has 0 bridgehead atoms. The minimum absolute atomic E-state index is 0.0705. The summed E-state index contributed by atoms with van der Waals surface area (Å²) in [5.41, 5.74) is 6.86. The van der Waals surface area contributed by atoms with Gasteiger partial charge in [0, 0.05) is 12.5 Å². The van der Waals surface area contributed by atoms with E-state index < -0.39 is 35.6 Å². The van der Waals surface area contributed by atoms with Crippen LogP contribution >= 0.6 is 0 Å². The summed E-state index contributed by atoms with van der Waals surface area (Å²) in [5, 5.41) is 17.0. The SMILES string of the molecule is COC1[C@H](C)CC2(Cc3ccc(C#N)cc3[C@H]2N=C(CC(F)(F)F)C(=N)N)C[C@@H]1C. The topological polar surface area (TPSA) is 95.2 Å². The van der Waals surface area contributed by atoms with Gasteiger partial charge in [-0.2, -0.15) is 18.4 Å². The molecule has 1 aromatic carbocycles. The molecule has 5 atom stereocenters. The Bertz CT molecular complexity index is 891. The average molecular weight is 420 g/mol. The summed E-state index contributed by atoms with van der Waals surface area (Å²) in [6.07, 6.45) is -3.64. The molecule has 0 amide bonds. The van der Waals surface area contributed by atoms with E-state index in [0.717, 1.165) is 24.0 Å². The van der Waals surface area contributed by atoms with Crippen molar-refractivity contribution in [2.24, 2.45) is 28.0 Å². The highest BCUT2D eigenvalue weighted by atomic mass is 19.4. The molecular weight excluding hydrogens is 393 g/mol. The van der Waals surface area contributed by atoms with Crippen molar-refractivity contribution in [2.75, 3.05) is 7.11 Å². The molecule has 2 aliphatic rings. The zero-order valence-corrected chi connectivity index (χ0v) is 17.4. The van der Waals surface area contributed by atoms with Crippen molar-refractivity contribution in [3.05, 3.63) is 34.9 Å². The number of alkyl halides is 3. The van der Waals surface area contributed by atoms with E-state index in [-0.39, 0.29) is 17.9 Å². The molecule has 2 aliphatic carbocycles. The van der Waals surface area contributed by atoms with Crippen LogP contribution in [0.5, 0.6) is 0 Å². The van der Waals surface area contributed by atoms with Crippen LogP contribution in [-0.2, 0) is 11.2 Å². The van der Waals surface area contributed by atoms with E-state index in [0.29, 0.717) is 12.0 Å². The Labute approximate surface area is 174 Å². The number of nitrogens with one attached hydrogen (secondary N) is 1. The van der Waals surface area contributed by atoms with E-state index in [4.69, 9.17) is 15.9 Å². The molecule has 1 aromatic rings. The Balaban J connectivity index is 2.12. The highest BCUT2D eigenvalue weighted by molar-refractivity contribution is 6.39. The molecule has 0 aromatic heterocycles. The Morgan fingerprint density at radius 2 is 1.97 bits per heavy atom. The molecule has 1 spiro atoms. The van der Waals surface area contributed by atoms with Gasteiger partial charge in [-0.05, 0) is 54.4 Å². The number of nitrogens with two attached hydrogens (primary N) is 1. The lowest BCUT2D eigenvalue weighted by atomic mass is 9.61. The maximum atomic E-state index is 13.1. The minimum Gasteiger partial charge on any atom is -0.383 e. The number of aliphatic imine (C=N–C) groups is 1. The number of nitriles is 1. The highest BCUT2D eigenvalue weighted by Crippen LogP contribution is 2.58. The smallest absolute Gasteiger partial charge is 0.383 e. The number of nitrogens with zero attached hydrogens (tertiary/aromatic N) is 2. The summed E-state index contributed by atoms with van der Waals surface area (Å²) in [6.45, 7) is 4.19. The number of halogens is 3. The second-order valence-electron chi connectivity index (χ2n) is 8.81. The number of methoxy groups -OCH3 is 1. The Morgan fingerprint density at radius 3 is 2.47 bits per heavy atom. The summed E-state index contributed by atoms with van der Waals surface area (Å²) in [7, 11) is 1.69.